The van der Waals surface area contributed by atoms with Crippen molar-refractivity contribution >= 4 is 0 Å². The lowest BCUT2D eigenvalue weighted by Crippen LogP contribution is -2.19. The maximum atomic E-state index is 10.1. The van der Waals surface area contributed by atoms with Crippen molar-refractivity contribution in [3.63, 3.8) is 0 Å². The highest BCUT2D eigenvalue weighted by molar-refractivity contribution is 5.74. The summed E-state index contributed by atoms with van der Waals surface area (Å²) >= 11 is 0. The first-order chi connectivity index (χ1) is 12.2. The molecule has 2 aliphatic carbocycles. The van der Waals surface area contributed by atoms with E-state index in [4.69, 9.17) is 4.98 Å². The number of nitriles is 1. The van der Waals surface area contributed by atoms with Crippen molar-refractivity contribution in [1.29, 1.82) is 5.26 Å². The molecule has 0 N–H and O–H groups in total. The lowest BCUT2D eigenvalue weighted by Gasteiger charge is -2.29. The predicted octanol–water partition coefficient (Wildman–Crippen LogP) is 4.53. The molecule has 2 aromatic heterocycles. The zero-order valence-electron chi connectivity index (χ0n) is 15.3. The minimum atomic E-state index is 0.444. The van der Waals surface area contributed by atoms with Crippen LogP contribution in [0.2, 0.25) is 0 Å². The number of rotatable bonds is 2. The van der Waals surface area contributed by atoms with Gasteiger partial charge in [-0.2, -0.15) is 10.4 Å². The Morgan fingerprint density at radius 3 is 2.68 bits per heavy atom. The number of hydrogen-bond donors (Lipinski definition) is 0. The number of pyridine rings is 1. The van der Waals surface area contributed by atoms with E-state index in [0.29, 0.717) is 11.8 Å². The summed E-state index contributed by atoms with van der Waals surface area (Å²) in [5.74, 6) is 1.09. The summed E-state index contributed by atoms with van der Waals surface area (Å²) < 4.78 is 1.90. The van der Waals surface area contributed by atoms with Gasteiger partial charge in [-0.15, -0.1) is 0 Å². The Morgan fingerprint density at radius 1 is 1.20 bits per heavy atom. The topological polar surface area (TPSA) is 54.5 Å². The van der Waals surface area contributed by atoms with Gasteiger partial charge in [0.1, 0.15) is 6.07 Å². The van der Waals surface area contributed by atoms with Gasteiger partial charge >= 0.3 is 0 Å². The summed E-state index contributed by atoms with van der Waals surface area (Å²) in [6, 6.07) is 4.58. The second-order valence-corrected chi connectivity index (χ2v) is 7.81. The zero-order chi connectivity index (χ0) is 17.4. The molecule has 4 rings (SSSR count). The fourth-order valence-corrected chi connectivity index (χ4v) is 4.64. The number of aromatic nitrogens is 3. The number of hydrogen-bond acceptors (Lipinski definition) is 3. The molecular weight excluding hydrogens is 308 g/mol. The smallest absolute Gasteiger partial charge is 0.102 e. The molecule has 2 aliphatic rings. The van der Waals surface area contributed by atoms with Crippen molar-refractivity contribution in [2.24, 2.45) is 13.0 Å². The van der Waals surface area contributed by atoms with Crippen molar-refractivity contribution in [2.75, 3.05) is 0 Å². The third-order valence-corrected chi connectivity index (χ3v) is 6.02. The highest BCUT2D eigenvalue weighted by Gasteiger charge is 2.29. The summed E-state index contributed by atoms with van der Waals surface area (Å²) in [6.07, 6.45) is 11.2. The molecule has 0 bridgehead atoms. The minimum absolute atomic E-state index is 0.444. The van der Waals surface area contributed by atoms with Crippen LogP contribution in [0.5, 0.6) is 0 Å². The normalized spacial score (nSPS) is 20.9. The van der Waals surface area contributed by atoms with Gasteiger partial charge in [-0.25, -0.2) is 0 Å². The van der Waals surface area contributed by atoms with E-state index in [1.807, 2.05) is 24.0 Å². The highest BCUT2D eigenvalue weighted by Crippen LogP contribution is 2.41. The maximum absolute atomic E-state index is 10.1. The van der Waals surface area contributed by atoms with Crippen LogP contribution in [0.1, 0.15) is 73.9 Å². The molecule has 1 saturated carbocycles. The maximum Gasteiger partial charge on any atom is 0.102 e. The number of fused-ring (bicyclic) bond motifs is 1. The lowest BCUT2D eigenvalue weighted by atomic mass is 9.79. The van der Waals surface area contributed by atoms with Gasteiger partial charge in [-0.05, 0) is 49.7 Å². The molecule has 2 aromatic rings. The van der Waals surface area contributed by atoms with Gasteiger partial charge in [0, 0.05) is 30.4 Å². The molecule has 1 atom stereocenters. The molecule has 0 aromatic carbocycles. The number of nitrogens with zero attached hydrogens (tertiary/aromatic N) is 4. The second kappa shape index (κ2) is 6.63. The lowest BCUT2D eigenvalue weighted by molar-refractivity contribution is 0.432. The van der Waals surface area contributed by atoms with Crippen LogP contribution in [0.4, 0.5) is 0 Å². The zero-order valence-corrected chi connectivity index (χ0v) is 15.3. The van der Waals surface area contributed by atoms with Crippen molar-refractivity contribution in [1.82, 2.24) is 14.8 Å². The highest BCUT2D eigenvalue weighted by atomic mass is 15.3. The Morgan fingerprint density at radius 2 is 2.00 bits per heavy atom. The monoisotopic (exact) mass is 334 g/mol. The van der Waals surface area contributed by atoms with E-state index in [-0.39, 0.29) is 0 Å². The molecule has 25 heavy (non-hydrogen) atoms. The minimum Gasteiger partial charge on any atom is -0.268 e. The molecule has 130 valence electrons. The van der Waals surface area contributed by atoms with Crippen LogP contribution in [0, 0.1) is 17.2 Å². The van der Waals surface area contributed by atoms with Crippen LogP contribution in [-0.4, -0.2) is 14.8 Å². The third kappa shape index (κ3) is 2.86. The largest absolute Gasteiger partial charge is 0.268 e. The van der Waals surface area contributed by atoms with Gasteiger partial charge in [0.05, 0.1) is 17.0 Å². The van der Waals surface area contributed by atoms with E-state index in [1.165, 1.54) is 49.8 Å². The Hall–Kier alpha value is -2.15. The van der Waals surface area contributed by atoms with E-state index in [0.717, 1.165) is 35.4 Å². The second-order valence-electron chi connectivity index (χ2n) is 7.81. The molecule has 0 spiro atoms. The molecule has 0 radical (unpaired) electrons. The molecule has 1 fully saturated rings. The van der Waals surface area contributed by atoms with Crippen molar-refractivity contribution < 1.29 is 0 Å². The molecule has 0 aliphatic heterocycles. The molecule has 4 nitrogen and oxygen atoms in total. The Bertz CT molecular complexity index is 821. The third-order valence-electron chi connectivity index (χ3n) is 6.02. The fourth-order valence-electron chi connectivity index (χ4n) is 4.64. The van der Waals surface area contributed by atoms with E-state index in [1.54, 1.807) is 0 Å². The summed E-state index contributed by atoms with van der Waals surface area (Å²) in [7, 11) is 1.97. The van der Waals surface area contributed by atoms with Gasteiger partial charge in [-0.1, -0.05) is 26.2 Å². The predicted molar refractivity (Wildman–Crippen MR) is 98.2 cm³/mol. The van der Waals surface area contributed by atoms with E-state index in [2.05, 4.69) is 18.1 Å². The van der Waals surface area contributed by atoms with Crippen LogP contribution >= 0.6 is 0 Å². The molecule has 0 amide bonds. The van der Waals surface area contributed by atoms with E-state index in [9.17, 15) is 5.26 Å². The fraction of sp³-hybridized carbons (Fsp3) is 0.571. The number of aryl methyl sites for hydroxylation is 2. The average Bonchev–Trinajstić information content (AvgIpc) is 3.06. The standard InChI is InChI=1S/C21H26N4/c1-14-8-9-18-16(12-14)20(19-10-11-23-25(19)2)17(13-22)21(24-18)15-6-4-3-5-7-15/h10-11,14-15H,3-9,12H2,1-2H3. The van der Waals surface area contributed by atoms with Crippen LogP contribution in [0.15, 0.2) is 12.3 Å². The van der Waals surface area contributed by atoms with Gasteiger partial charge in [0.25, 0.3) is 0 Å². The Labute approximate surface area is 149 Å². The summed E-state index contributed by atoms with van der Waals surface area (Å²) in [4.78, 5) is 5.09. The van der Waals surface area contributed by atoms with Crippen LogP contribution in [-0.2, 0) is 19.9 Å². The molecule has 4 heteroatoms. The quantitative estimate of drug-likeness (QED) is 0.811. The summed E-state index contributed by atoms with van der Waals surface area (Å²) in [5, 5.41) is 14.4. The molecule has 0 saturated heterocycles. The van der Waals surface area contributed by atoms with Crippen molar-refractivity contribution in [2.45, 2.75) is 64.2 Å². The first-order valence-corrected chi connectivity index (χ1v) is 9.63. The average molecular weight is 334 g/mol. The van der Waals surface area contributed by atoms with Crippen molar-refractivity contribution in [3.05, 3.63) is 34.8 Å². The van der Waals surface area contributed by atoms with E-state index < -0.39 is 0 Å². The first-order valence-electron chi connectivity index (χ1n) is 9.63. The van der Waals surface area contributed by atoms with Gasteiger partial charge in [-0.3, -0.25) is 9.67 Å². The van der Waals surface area contributed by atoms with Crippen molar-refractivity contribution in [3.8, 4) is 17.3 Å². The molecular formula is C21H26N4. The van der Waals surface area contributed by atoms with Crippen LogP contribution in [0.3, 0.4) is 0 Å². The van der Waals surface area contributed by atoms with Gasteiger partial charge < -0.3 is 0 Å². The van der Waals surface area contributed by atoms with E-state index >= 15 is 0 Å². The summed E-state index contributed by atoms with van der Waals surface area (Å²) in [6.45, 7) is 2.30. The SMILES string of the molecule is CC1CCc2nc(C3CCCCC3)c(C#N)c(-c3ccnn3C)c2C1. The van der Waals surface area contributed by atoms with Gasteiger partial charge in [0.15, 0.2) is 0 Å². The molecule has 1 unspecified atom stereocenters. The van der Waals surface area contributed by atoms with Gasteiger partial charge in [0.2, 0.25) is 0 Å². The van der Waals surface area contributed by atoms with Crippen LogP contribution in [0.25, 0.3) is 11.3 Å². The Kier molecular flexibility index (Phi) is 4.33. The molecule has 2 heterocycles. The summed E-state index contributed by atoms with van der Waals surface area (Å²) in [5.41, 5.74) is 6.56. The first kappa shape index (κ1) is 16.3. The Balaban J connectivity index is 1.96. The van der Waals surface area contributed by atoms with Crippen LogP contribution < -0.4 is 0 Å².